The standard InChI is InChI=1S/C5H11Br2O5P.CH2N2/c1-5(2,3(6)8)4(7)12-13(9,10)11;2-1-3/h3-4,8H,1-2H3,(H2,9,10,11);2H2. The monoisotopic (exact) mass is 382 g/mol. The molecule has 7 nitrogen and oxygen atoms in total. The number of alkyl halides is 2. The van der Waals surface area contributed by atoms with Crippen LogP contribution in [0.15, 0.2) is 0 Å². The summed E-state index contributed by atoms with van der Waals surface area (Å²) < 4.78 is 14.8. The van der Waals surface area contributed by atoms with Gasteiger partial charge in [-0.15, -0.1) is 0 Å². The Morgan fingerprint density at radius 3 is 2.00 bits per heavy atom. The number of phosphoric ester groups is 1. The molecule has 0 aromatic heterocycles. The van der Waals surface area contributed by atoms with Crippen molar-refractivity contribution in [2.45, 2.75) is 23.9 Å². The molecule has 0 aliphatic carbocycles. The highest BCUT2D eigenvalue weighted by Gasteiger charge is 2.38. The van der Waals surface area contributed by atoms with Gasteiger partial charge in [0, 0.05) is 5.41 Å². The highest BCUT2D eigenvalue weighted by Crippen LogP contribution is 2.45. The molecule has 0 saturated carbocycles. The van der Waals surface area contributed by atoms with Crippen LogP contribution in [0.3, 0.4) is 0 Å². The third-order valence-electron chi connectivity index (χ3n) is 1.43. The average molecular weight is 384 g/mol. The molecule has 0 aliphatic rings. The van der Waals surface area contributed by atoms with E-state index in [0.717, 1.165) is 0 Å². The summed E-state index contributed by atoms with van der Waals surface area (Å²) in [6, 6.07) is 0. The third-order valence-corrected chi connectivity index (χ3v) is 4.75. The highest BCUT2D eigenvalue weighted by atomic mass is 79.9. The fourth-order valence-electron chi connectivity index (χ4n) is 0.365. The summed E-state index contributed by atoms with van der Waals surface area (Å²) in [4.78, 5) is 17.0. The van der Waals surface area contributed by atoms with Gasteiger partial charge in [0.15, 0.2) is 6.19 Å². The van der Waals surface area contributed by atoms with Gasteiger partial charge in [0.25, 0.3) is 0 Å². The largest absolute Gasteiger partial charge is 0.470 e. The Kier molecular flexibility index (Phi) is 8.88. The van der Waals surface area contributed by atoms with Gasteiger partial charge in [-0.05, 0) is 0 Å². The van der Waals surface area contributed by atoms with E-state index in [4.69, 9.17) is 15.0 Å². The van der Waals surface area contributed by atoms with Crippen LogP contribution in [0.2, 0.25) is 0 Å². The van der Waals surface area contributed by atoms with Crippen LogP contribution in [-0.4, -0.2) is 24.9 Å². The van der Waals surface area contributed by atoms with Gasteiger partial charge in [-0.2, -0.15) is 5.26 Å². The Balaban J connectivity index is 0. The molecular weight excluding hydrogens is 371 g/mol. The molecule has 0 aromatic carbocycles. The number of nitriles is 1. The summed E-state index contributed by atoms with van der Waals surface area (Å²) >= 11 is 5.83. The molecule has 0 amide bonds. The Hall–Kier alpha value is 0.320. The van der Waals surface area contributed by atoms with Crippen LogP contribution in [0.4, 0.5) is 0 Å². The molecule has 0 aliphatic heterocycles. The zero-order valence-electron chi connectivity index (χ0n) is 8.54. The molecule has 0 saturated heterocycles. The van der Waals surface area contributed by atoms with Gasteiger partial charge >= 0.3 is 7.82 Å². The van der Waals surface area contributed by atoms with Crippen molar-refractivity contribution in [1.82, 2.24) is 0 Å². The molecule has 0 bridgehead atoms. The van der Waals surface area contributed by atoms with Gasteiger partial charge in [-0.25, -0.2) is 4.57 Å². The maximum Gasteiger partial charge on any atom is 0.470 e. The lowest BCUT2D eigenvalue weighted by Crippen LogP contribution is -2.34. The Bertz CT molecular complexity index is 287. The van der Waals surface area contributed by atoms with Crippen LogP contribution < -0.4 is 5.73 Å². The number of halogens is 2. The lowest BCUT2D eigenvalue weighted by atomic mass is 9.96. The number of hydrogen-bond donors (Lipinski definition) is 4. The fourth-order valence-corrected chi connectivity index (χ4v) is 2.38. The predicted octanol–water partition coefficient (Wildman–Crippen LogP) is 0.982. The molecule has 0 spiro atoms. The van der Waals surface area contributed by atoms with Gasteiger partial charge in [-0.1, -0.05) is 45.7 Å². The predicted molar refractivity (Wildman–Crippen MR) is 64.4 cm³/mol. The second-order valence-electron chi connectivity index (χ2n) is 3.20. The summed E-state index contributed by atoms with van der Waals surface area (Å²) in [5.41, 5.74) is 3.29. The topological polar surface area (TPSA) is 137 Å². The fraction of sp³-hybridized carbons (Fsp3) is 0.833. The highest BCUT2D eigenvalue weighted by molar-refractivity contribution is 9.10. The minimum absolute atomic E-state index is 0.860. The molecule has 0 aromatic rings. The molecule has 96 valence electrons. The maximum absolute atomic E-state index is 10.5. The summed E-state index contributed by atoms with van der Waals surface area (Å²) in [6.07, 6.45) is 1.25. The Morgan fingerprint density at radius 2 is 1.81 bits per heavy atom. The normalized spacial score (nSPS) is 15.4. The van der Waals surface area contributed by atoms with Crippen LogP contribution in [0.1, 0.15) is 13.8 Å². The molecule has 0 heterocycles. The number of hydrogen-bond acceptors (Lipinski definition) is 5. The van der Waals surface area contributed by atoms with Gasteiger partial charge in [0.1, 0.15) is 10.0 Å². The molecule has 16 heavy (non-hydrogen) atoms. The summed E-state index contributed by atoms with van der Waals surface area (Å²) in [5.74, 6) is 0. The summed E-state index contributed by atoms with van der Waals surface area (Å²) in [5, 5.41) is 14.4. The molecule has 0 fully saturated rings. The third kappa shape index (κ3) is 8.47. The first-order chi connectivity index (χ1) is 6.99. The SMILES string of the molecule is CC(C)(C(O)Br)C(Br)OP(=O)(O)O.N#CN. The quantitative estimate of drug-likeness (QED) is 0.246. The number of nitrogens with zero attached hydrogens (tertiary/aromatic N) is 1. The van der Waals surface area contributed by atoms with E-state index >= 15 is 0 Å². The van der Waals surface area contributed by atoms with Crippen molar-refractivity contribution in [1.29, 1.82) is 5.26 Å². The second kappa shape index (κ2) is 7.61. The van der Waals surface area contributed by atoms with Crippen molar-refractivity contribution in [3.63, 3.8) is 0 Å². The molecule has 10 heteroatoms. The number of aliphatic hydroxyl groups is 1. The zero-order valence-corrected chi connectivity index (χ0v) is 12.6. The zero-order chi connectivity index (χ0) is 13.6. The van der Waals surface area contributed by atoms with E-state index in [-0.39, 0.29) is 0 Å². The average Bonchev–Trinajstić information content (AvgIpc) is 2.01. The van der Waals surface area contributed by atoms with Crippen LogP contribution >= 0.6 is 39.7 Å². The van der Waals surface area contributed by atoms with Crippen molar-refractivity contribution < 1.29 is 24.0 Å². The van der Waals surface area contributed by atoms with Crippen molar-refractivity contribution in [2.75, 3.05) is 0 Å². The van der Waals surface area contributed by atoms with Crippen molar-refractivity contribution in [3.8, 4) is 6.19 Å². The molecule has 0 radical (unpaired) electrons. The van der Waals surface area contributed by atoms with E-state index in [1.165, 1.54) is 6.19 Å². The summed E-state index contributed by atoms with van der Waals surface area (Å²) in [6.45, 7) is 3.17. The van der Waals surface area contributed by atoms with Crippen molar-refractivity contribution in [2.24, 2.45) is 11.1 Å². The Morgan fingerprint density at radius 1 is 1.50 bits per heavy atom. The van der Waals surface area contributed by atoms with Crippen molar-refractivity contribution in [3.05, 3.63) is 0 Å². The first-order valence-corrected chi connectivity index (χ1v) is 7.15. The minimum atomic E-state index is -4.54. The van der Waals surface area contributed by atoms with Crippen LogP contribution in [0.5, 0.6) is 0 Å². The van der Waals surface area contributed by atoms with Gasteiger partial charge in [-0.3, -0.25) is 4.52 Å². The van der Waals surface area contributed by atoms with Gasteiger partial charge in [0.2, 0.25) is 0 Å². The van der Waals surface area contributed by atoms with E-state index in [2.05, 4.69) is 42.1 Å². The first kappa shape index (κ1) is 18.7. The van der Waals surface area contributed by atoms with Crippen LogP contribution in [0, 0.1) is 16.9 Å². The van der Waals surface area contributed by atoms with Gasteiger partial charge < -0.3 is 20.6 Å². The van der Waals surface area contributed by atoms with Crippen LogP contribution in [0.25, 0.3) is 0 Å². The van der Waals surface area contributed by atoms with Crippen LogP contribution in [-0.2, 0) is 9.09 Å². The number of nitrogens with two attached hydrogens (primary N) is 1. The molecule has 5 N–H and O–H groups in total. The van der Waals surface area contributed by atoms with E-state index < -0.39 is 23.3 Å². The van der Waals surface area contributed by atoms with E-state index in [1.54, 1.807) is 13.8 Å². The maximum atomic E-state index is 10.5. The second-order valence-corrected chi connectivity index (χ2v) is 6.09. The number of phosphoric acid groups is 1. The molecular formula is C6H13Br2N2O5P. The molecule has 2 atom stereocenters. The molecule has 2 unspecified atom stereocenters. The lowest BCUT2D eigenvalue weighted by molar-refractivity contribution is 0.0463. The summed E-state index contributed by atoms with van der Waals surface area (Å²) in [7, 11) is -4.54. The van der Waals surface area contributed by atoms with Crippen molar-refractivity contribution >= 4 is 39.7 Å². The van der Waals surface area contributed by atoms with E-state index in [9.17, 15) is 9.67 Å². The Labute approximate surface area is 110 Å². The number of aliphatic hydroxyl groups excluding tert-OH is 1. The first-order valence-electron chi connectivity index (χ1n) is 3.79. The van der Waals surface area contributed by atoms with Gasteiger partial charge in [0.05, 0.1) is 0 Å². The minimum Gasteiger partial charge on any atom is -0.381 e. The number of rotatable bonds is 4. The lowest BCUT2D eigenvalue weighted by Gasteiger charge is -2.31. The van der Waals surface area contributed by atoms with E-state index in [0.29, 0.717) is 0 Å². The molecule has 0 rings (SSSR count). The smallest absolute Gasteiger partial charge is 0.381 e. The van der Waals surface area contributed by atoms with E-state index in [1.807, 2.05) is 0 Å².